The van der Waals surface area contributed by atoms with Gasteiger partial charge < -0.3 is 10.7 Å². The van der Waals surface area contributed by atoms with E-state index in [-0.39, 0.29) is 12.0 Å². The standard InChI is InChI=1S/C13H19N5S/c1-8(2)13-16-11(6-12(17-13)18-14)15-9(3)10-4-5-19-7-10/h4-9H,14H2,1-3H3,(H2,15,16,17,18). The Bertz CT molecular complexity index is 524. The van der Waals surface area contributed by atoms with Crippen molar-refractivity contribution in [1.29, 1.82) is 0 Å². The lowest BCUT2D eigenvalue weighted by molar-refractivity contribution is 0.769. The summed E-state index contributed by atoms with van der Waals surface area (Å²) in [6, 6.07) is 4.12. The zero-order chi connectivity index (χ0) is 13.8. The number of nitrogens with one attached hydrogen (secondary N) is 2. The highest BCUT2D eigenvalue weighted by atomic mass is 32.1. The van der Waals surface area contributed by atoms with Gasteiger partial charge in [0.15, 0.2) is 0 Å². The first-order valence-corrected chi connectivity index (χ1v) is 7.18. The van der Waals surface area contributed by atoms with Crippen molar-refractivity contribution < 1.29 is 0 Å². The number of hydrazine groups is 1. The minimum Gasteiger partial charge on any atom is -0.363 e. The predicted octanol–water partition coefficient (Wildman–Crippen LogP) is 3.12. The fourth-order valence-corrected chi connectivity index (χ4v) is 2.45. The monoisotopic (exact) mass is 277 g/mol. The predicted molar refractivity (Wildman–Crippen MR) is 80.3 cm³/mol. The lowest BCUT2D eigenvalue weighted by Crippen LogP contribution is -2.14. The van der Waals surface area contributed by atoms with Crippen LogP contribution in [0.15, 0.2) is 22.9 Å². The maximum Gasteiger partial charge on any atom is 0.145 e. The molecule has 0 bridgehead atoms. The minimum absolute atomic E-state index is 0.201. The van der Waals surface area contributed by atoms with Crippen molar-refractivity contribution in [2.45, 2.75) is 32.7 Å². The van der Waals surface area contributed by atoms with E-state index >= 15 is 0 Å². The van der Waals surface area contributed by atoms with Crippen molar-refractivity contribution in [2.24, 2.45) is 5.84 Å². The summed E-state index contributed by atoms with van der Waals surface area (Å²) in [5, 5.41) is 7.57. The summed E-state index contributed by atoms with van der Waals surface area (Å²) in [5.74, 6) is 7.88. The van der Waals surface area contributed by atoms with Crippen molar-refractivity contribution in [3.05, 3.63) is 34.3 Å². The van der Waals surface area contributed by atoms with Gasteiger partial charge in [0.05, 0.1) is 6.04 Å². The fraction of sp³-hybridized carbons (Fsp3) is 0.385. The average molecular weight is 277 g/mol. The van der Waals surface area contributed by atoms with Gasteiger partial charge in [-0.25, -0.2) is 15.8 Å². The molecule has 0 saturated heterocycles. The number of hydrogen-bond donors (Lipinski definition) is 3. The molecular weight excluding hydrogens is 258 g/mol. The molecule has 0 amide bonds. The Kier molecular flexibility index (Phi) is 4.34. The third-order valence-electron chi connectivity index (χ3n) is 2.82. The van der Waals surface area contributed by atoms with E-state index in [4.69, 9.17) is 5.84 Å². The number of nitrogens with zero attached hydrogens (tertiary/aromatic N) is 2. The van der Waals surface area contributed by atoms with E-state index in [1.807, 2.05) is 6.07 Å². The van der Waals surface area contributed by atoms with Gasteiger partial charge in [-0.3, -0.25) is 0 Å². The van der Waals surface area contributed by atoms with Gasteiger partial charge in [-0.2, -0.15) is 11.3 Å². The van der Waals surface area contributed by atoms with E-state index in [0.29, 0.717) is 5.82 Å². The van der Waals surface area contributed by atoms with Crippen LogP contribution in [0.25, 0.3) is 0 Å². The highest BCUT2D eigenvalue weighted by Gasteiger charge is 2.11. The van der Waals surface area contributed by atoms with Gasteiger partial charge in [-0.05, 0) is 29.3 Å². The highest BCUT2D eigenvalue weighted by molar-refractivity contribution is 7.07. The normalized spacial score (nSPS) is 12.5. The van der Waals surface area contributed by atoms with E-state index in [9.17, 15) is 0 Å². The molecule has 0 radical (unpaired) electrons. The summed E-state index contributed by atoms with van der Waals surface area (Å²) < 4.78 is 0. The first kappa shape index (κ1) is 13.8. The van der Waals surface area contributed by atoms with Crippen molar-refractivity contribution in [2.75, 3.05) is 10.7 Å². The molecule has 0 aliphatic heterocycles. The molecule has 5 nitrogen and oxygen atoms in total. The molecule has 2 heterocycles. The van der Waals surface area contributed by atoms with Crippen LogP contribution in [-0.4, -0.2) is 9.97 Å². The maximum absolute atomic E-state index is 5.45. The van der Waals surface area contributed by atoms with Crippen molar-refractivity contribution >= 4 is 23.0 Å². The molecule has 1 atom stereocenters. The molecule has 0 spiro atoms. The third-order valence-corrected chi connectivity index (χ3v) is 3.52. The van der Waals surface area contributed by atoms with Crippen molar-refractivity contribution in [3.63, 3.8) is 0 Å². The van der Waals surface area contributed by atoms with Crippen LogP contribution in [0, 0.1) is 0 Å². The van der Waals surface area contributed by atoms with Crippen LogP contribution in [0.4, 0.5) is 11.6 Å². The molecule has 2 aromatic heterocycles. The fourth-order valence-electron chi connectivity index (χ4n) is 1.70. The number of rotatable bonds is 5. The molecule has 0 aromatic carbocycles. The second-order valence-corrected chi connectivity index (χ2v) is 5.50. The maximum atomic E-state index is 5.45. The largest absolute Gasteiger partial charge is 0.363 e. The van der Waals surface area contributed by atoms with E-state index < -0.39 is 0 Å². The SMILES string of the molecule is CC(C)c1nc(NN)cc(NC(C)c2ccsc2)n1. The van der Waals surface area contributed by atoms with Gasteiger partial charge in [0, 0.05) is 12.0 Å². The van der Waals surface area contributed by atoms with Crippen LogP contribution < -0.4 is 16.6 Å². The molecule has 0 aliphatic rings. The quantitative estimate of drug-likeness (QED) is 0.578. The number of aromatic nitrogens is 2. The highest BCUT2D eigenvalue weighted by Crippen LogP contribution is 2.22. The van der Waals surface area contributed by atoms with Crippen LogP contribution in [0.3, 0.4) is 0 Å². The second-order valence-electron chi connectivity index (χ2n) is 4.72. The second kappa shape index (κ2) is 5.99. The summed E-state index contributed by atoms with van der Waals surface area (Å²) in [6.07, 6.45) is 0. The van der Waals surface area contributed by atoms with E-state index in [1.165, 1.54) is 5.56 Å². The molecule has 19 heavy (non-hydrogen) atoms. The number of nitrogens with two attached hydrogens (primary N) is 1. The van der Waals surface area contributed by atoms with Crippen molar-refractivity contribution in [3.8, 4) is 0 Å². The molecular formula is C13H19N5S. The Balaban J connectivity index is 2.21. The summed E-state index contributed by atoms with van der Waals surface area (Å²) >= 11 is 1.69. The van der Waals surface area contributed by atoms with Gasteiger partial charge >= 0.3 is 0 Å². The average Bonchev–Trinajstić information content (AvgIpc) is 2.92. The van der Waals surface area contributed by atoms with E-state index in [0.717, 1.165) is 11.6 Å². The first-order valence-electron chi connectivity index (χ1n) is 6.24. The Morgan fingerprint density at radius 2 is 1.95 bits per heavy atom. The van der Waals surface area contributed by atoms with E-state index in [2.05, 4.69) is 58.3 Å². The van der Waals surface area contributed by atoms with Crippen molar-refractivity contribution in [1.82, 2.24) is 9.97 Å². The summed E-state index contributed by atoms with van der Waals surface area (Å²) in [5.41, 5.74) is 3.83. The molecule has 2 rings (SSSR count). The molecule has 2 aromatic rings. The van der Waals surface area contributed by atoms with Crippen LogP contribution >= 0.6 is 11.3 Å². The summed E-state index contributed by atoms with van der Waals surface area (Å²) in [7, 11) is 0. The van der Waals surface area contributed by atoms with E-state index in [1.54, 1.807) is 11.3 Å². The smallest absolute Gasteiger partial charge is 0.145 e. The zero-order valence-electron chi connectivity index (χ0n) is 11.3. The Labute approximate surface area is 117 Å². The Morgan fingerprint density at radius 3 is 2.53 bits per heavy atom. The lowest BCUT2D eigenvalue weighted by Gasteiger charge is -2.15. The van der Waals surface area contributed by atoms with Gasteiger partial charge in [-0.15, -0.1) is 0 Å². The summed E-state index contributed by atoms with van der Waals surface area (Å²) in [6.45, 7) is 6.22. The molecule has 6 heteroatoms. The summed E-state index contributed by atoms with van der Waals surface area (Å²) in [4.78, 5) is 8.85. The lowest BCUT2D eigenvalue weighted by atomic mass is 10.2. The Morgan fingerprint density at radius 1 is 1.21 bits per heavy atom. The molecule has 4 N–H and O–H groups in total. The molecule has 0 aliphatic carbocycles. The number of anilines is 2. The van der Waals surface area contributed by atoms with Crippen LogP contribution in [0.2, 0.25) is 0 Å². The number of thiophene rings is 1. The molecule has 0 saturated carbocycles. The number of hydrogen-bond acceptors (Lipinski definition) is 6. The molecule has 1 unspecified atom stereocenters. The van der Waals surface area contributed by atoms with Gasteiger partial charge in [0.25, 0.3) is 0 Å². The van der Waals surface area contributed by atoms with Gasteiger partial charge in [0.1, 0.15) is 17.5 Å². The third kappa shape index (κ3) is 3.42. The zero-order valence-corrected chi connectivity index (χ0v) is 12.2. The molecule has 102 valence electrons. The van der Waals surface area contributed by atoms with Gasteiger partial charge in [-0.1, -0.05) is 13.8 Å². The van der Waals surface area contributed by atoms with Crippen LogP contribution in [0.5, 0.6) is 0 Å². The van der Waals surface area contributed by atoms with Crippen LogP contribution in [-0.2, 0) is 0 Å². The topological polar surface area (TPSA) is 75.9 Å². The van der Waals surface area contributed by atoms with Crippen LogP contribution in [0.1, 0.15) is 44.1 Å². The number of nitrogen functional groups attached to an aromatic ring is 1. The first-order chi connectivity index (χ1) is 9.10. The van der Waals surface area contributed by atoms with Gasteiger partial charge in [0.2, 0.25) is 0 Å². The minimum atomic E-state index is 0.201. The Hall–Kier alpha value is -1.66. The molecule has 0 fully saturated rings.